The highest BCUT2D eigenvalue weighted by Crippen LogP contribution is 2.25. The van der Waals surface area contributed by atoms with Gasteiger partial charge >= 0.3 is 24.1 Å². The molecule has 1 atom stereocenters. The standard InChI is InChI=1S/C18H19NO5.C2HF3O2/c1-2-23-18(22)16-8-7-14(24-16)11-19-10-13-6-4-3-5-12(13)9-15(19)17(20)21;3-2(4,5)1(6)7/h3-8,15H,2,9-11H2,1H3,(H,20,21);(H,6,7). The molecular weight excluding hydrogens is 423 g/mol. The van der Waals surface area contributed by atoms with Gasteiger partial charge in [0.05, 0.1) is 13.2 Å². The van der Waals surface area contributed by atoms with Gasteiger partial charge in [-0.2, -0.15) is 13.2 Å². The minimum absolute atomic E-state index is 0.135. The second-order valence-corrected chi connectivity index (χ2v) is 6.52. The highest BCUT2D eigenvalue weighted by atomic mass is 19.4. The van der Waals surface area contributed by atoms with Gasteiger partial charge in [0, 0.05) is 6.54 Å². The first-order valence-corrected chi connectivity index (χ1v) is 9.12. The molecule has 2 aromatic rings. The Kier molecular flexibility index (Phi) is 7.81. The van der Waals surface area contributed by atoms with Gasteiger partial charge in [0.2, 0.25) is 5.76 Å². The molecule has 0 amide bonds. The van der Waals surface area contributed by atoms with Gasteiger partial charge in [0.25, 0.3) is 0 Å². The number of ether oxygens (including phenoxy) is 1. The number of carbonyl (C=O) groups excluding carboxylic acids is 1. The number of halogens is 3. The van der Waals surface area contributed by atoms with Crippen LogP contribution in [0.4, 0.5) is 13.2 Å². The lowest BCUT2D eigenvalue weighted by Crippen LogP contribution is -2.44. The molecule has 31 heavy (non-hydrogen) atoms. The Balaban J connectivity index is 0.000000423. The molecule has 1 unspecified atom stereocenters. The Hall–Kier alpha value is -3.34. The van der Waals surface area contributed by atoms with Crippen molar-refractivity contribution in [3.05, 3.63) is 59.0 Å². The van der Waals surface area contributed by atoms with Crippen molar-refractivity contribution in [1.29, 1.82) is 0 Å². The number of aliphatic carboxylic acids is 2. The van der Waals surface area contributed by atoms with Crippen LogP contribution in [0.1, 0.15) is 34.4 Å². The summed E-state index contributed by atoms with van der Waals surface area (Å²) in [6.07, 6.45) is -4.63. The van der Waals surface area contributed by atoms with Gasteiger partial charge in [0.1, 0.15) is 11.8 Å². The molecule has 1 aromatic heterocycles. The third-order valence-electron chi connectivity index (χ3n) is 4.37. The molecule has 2 N–H and O–H groups in total. The topological polar surface area (TPSA) is 117 Å². The Labute approximate surface area is 174 Å². The van der Waals surface area contributed by atoms with Crippen LogP contribution in [0.25, 0.3) is 0 Å². The number of carboxylic acids is 2. The summed E-state index contributed by atoms with van der Waals surface area (Å²) < 4.78 is 42.1. The largest absolute Gasteiger partial charge is 0.490 e. The predicted octanol–water partition coefficient (Wildman–Crippen LogP) is 3.10. The number of carbonyl (C=O) groups is 3. The summed E-state index contributed by atoms with van der Waals surface area (Å²) in [5.74, 6) is -3.45. The van der Waals surface area contributed by atoms with E-state index in [2.05, 4.69) is 0 Å². The van der Waals surface area contributed by atoms with Crippen molar-refractivity contribution in [2.75, 3.05) is 6.61 Å². The average molecular weight is 443 g/mol. The Morgan fingerprint density at radius 3 is 2.29 bits per heavy atom. The van der Waals surface area contributed by atoms with E-state index >= 15 is 0 Å². The van der Waals surface area contributed by atoms with Crippen LogP contribution in [-0.2, 0) is 33.8 Å². The van der Waals surface area contributed by atoms with Gasteiger partial charge in [-0.15, -0.1) is 0 Å². The monoisotopic (exact) mass is 443 g/mol. The van der Waals surface area contributed by atoms with E-state index in [4.69, 9.17) is 19.1 Å². The Bertz CT molecular complexity index is 939. The van der Waals surface area contributed by atoms with Crippen molar-refractivity contribution in [2.24, 2.45) is 0 Å². The molecule has 11 heteroatoms. The summed E-state index contributed by atoms with van der Waals surface area (Å²) in [5, 5.41) is 16.7. The quantitative estimate of drug-likeness (QED) is 0.677. The summed E-state index contributed by atoms with van der Waals surface area (Å²) in [7, 11) is 0. The lowest BCUT2D eigenvalue weighted by atomic mass is 9.94. The molecule has 3 rings (SSSR count). The van der Waals surface area contributed by atoms with Crippen LogP contribution >= 0.6 is 0 Å². The van der Waals surface area contributed by atoms with Crippen molar-refractivity contribution >= 4 is 17.9 Å². The number of esters is 1. The van der Waals surface area contributed by atoms with Gasteiger partial charge in [-0.3, -0.25) is 9.69 Å². The van der Waals surface area contributed by atoms with Crippen LogP contribution in [0.15, 0.2) is 40.8 Å². The average Bonchev–Trinajstić information content (AvgIpc) is 3.16. The summed E-state index contributed by atoms with van der Waals surface area (Å²) in [6.45, 7) is 2.86. The van der Waals surface area contributed by atoms with E-state index in [1.807, 2.05) is 29.2 Å². The van der Waals surface area contributed by atoms with Crippen LogP contribution in [0.2, 0.25) is 0 Å². The summed E-state index contributed by atoms with van der Waals surface area (Å²) in [4.78, 5) is 34.0. The molecule has 0 bridgehead atoms. The smallest absolute Gasteiger partial charge is 0.480 e. The normalized spacial score (nSPS) is 15.9. The molecule has 0 saturated carbocycles. The first-order valence-electron chi connectivity index (χ1n) is 9.12. The fourth-order valence-electron chi connectivity index (χ4n) is 2.96. The minimum Gasteiger partial charge on any atom is -0.480 e. The number of rotatable bonds is 5. The number of furan rings is 1. The van der Waals surface area contributed by atoms with Gasteiger partial charge in [-0.1, -0.05) is 24.3 Å². The van der Waals surface area contributed by atoms with Gasteiger partial charge < -0.3 is 19.4 Å². The Morgan fingerprint density at radius 1 is 1.13 bits per heavy atom. The highest BCUT2D eigenvalue weighted by molar-refractivity contribution is 5.86. The second kappa shape index (κ2) is 10.1. The zero-order valence-corrected chi connectivity index (χ0v) is 16.4. The van der Waals surface area contributed by atoms with Crippen LogP contribution < -0.4 is 0 Å². The van der Waals surface area contributed by atoms with E-state index in [0.717, 1.165) is 11.1 Å². The molecule has 0 saturated heterocycles. The first kappa shape index (κ1) is 23.9. The van der Waals surface area contributed by atoms with Crippen molar-refractivity contribution in [1.82, 2.24) is 4.90 Å². The maximum Gasteiger partial charge on any atom is 0.490 e. The molecule has 1 aromatic carbocycles. The van der Waals surface area contributed by atoms with Crippen molar-refractivity contribution in [3.8, 4) is 0 Å². The number of nitrogens with zero attached hydrogens (tertiary/aromatic N) is 1. The molecule has 168 valence electrons. The molecule has 1 aliphatic rings. The van der Waals surface area contributed by atoms with Crippen LogP contribution in [0, 0.1) is 0 Å². The molecule has 0 spiro atoms. The number of alkyl halides is 3. The molecule has 0 fully saturated rings. The fraction of sp³-hybridized carbons (Fsp3) is 0.350. The number of carboxylic acid groups (broad SMARTS) is 2. The minimum atomic E-state index is -5.08. The predicted molar refractivity (Wildman–Crippen MR) is 99.2 cm³/mol. The first-order chi connectivity index (χ1) is 14.5. The van der Waals surface area contributed by atoms with E-state index < -0.39 is 30.1 Å². The number of fused-ring (bicyclic) bond motifs is 1. The lowest BCUT2D eigenvalue weighted by Gasteiger charge is -2.33. The number of hydrogen-bond donors (Lipinski definition) is 2. The third kappa shape index (κ3) is 6.57. The molecule has 2 heterocycles. The maximum absolute atomic E-state index is 11.7. The third-order valence-corrected chi connectivity index (χ3v) is 4.37. The Morgan fingerprint density at radius 2 is 1.74 bits per heavy atom. The van der Waals surface area contributed by atoms with Gasteiger partial charge in [0.15, 0.2) is 0 Å². The number of hydrogen-bond acceptors (Lipinski definition) is 6. The molecular formula is C20H20F3NO7. The van der Waals surface area contributed by atoms with E-state index in [1.165, 1.54) is 0 Å². The van der Waals surface area contributed by atoms with Crippen molar-refractivity contribution < 1.29 is 46.9 Å². The van der Waals surface area contributed by atoms with E-state index in [0.29, 0.717) is 25.3 Å². The van der Waals surface area contributed by atoms with Crippen LogP contribution in [0.3, 0.4) is 0 Å². The van der Waals surface area contributed by atoms with Crippen LogP contribution in [0.5, 0.6) is 0 Å². The second-order valence-electron chi connectivity index (χ2n) is 6.52. The van der Waals surface area contributed by atoms with Crippen molar-refractivity contribution in [2.45, 2.75) is 38.7 Å². The van der Waals surface area contributed by atoms with E-state index in [-0.39, 0.29) is 12.4 Å². The number of benzene rings is 1. The van der Waals surface area contributed by atoms with Crippen molar-refractivity contribution in [3.63, 3.8) is 0 Å². The molecule has 0 radical (unpaired) electrons. The van der Waals surface area contributed by atoms with Crippen LogP contribution in [-0.4, -0.2) is 51.8 Å². The molecule has 8 nitrogen and oxygen atoms in total. The van der Waals surface area contributed by atoms with E-state index in [1.54, 1.807) is 19.1 Å². The zero-order valence-electron chi connectivity index (χ0n) is 16.4. The summed E-state index contributed by atoms with van der Waals surface area (Å²) in [6, 6.07) is 10.5. The van der Waals surface area contributed by atoms with Gasteiger partial charge in [-0.25, -0.2) is 9.59 Å². The highest BCUT2D eigenvalue weighted by Gasteiger charge is 2.38. The van der Waals surface area contributed by atoms with Gasteiger partial charge in [-0.05, 0) is 36.6 Å². The lowest BCUT2D eigenvalue weighted by molar-refractivity contribution is -0.192. The zero-order chi connectivity index (χ0) is 23.2. The summed E-state index contributed by atoms with van der Waals surface area (Å²) >= 11 is 0. The fourth-order valence-corrected chi connectivity index (χ4v) is 2.96. The molecule has 1 aliphatic heterocycles. The SMILES string of the molecule is CCOC(=O)c1ccc(CN2Cc3ccccc3CC2C(=O)O)o1.O=C(O)C(F)(F)F. The molecule has 0 aliphatic carbocycles. The van der Waals surface area contributed by atoms with E-state index in [9.17, 15) is 27.9 Å². The summed E-state index contributed by atoms with van der Waals surface area (Å²) in [5.41, 5.74) is 2.18. The maximum atomic E-state index is 11.7.